The summed E-state index contributed by atoms with van der Waals surface area (Å²) >= 11 is 0. The smallest absolute Gasteiger partial charge is 0.163 e. The van der Waals surface area contributed by atoms with Crippen molar-refractivity contribution in [2.24, 2.45) is 0 Å². The highest BCUT2D eigenvalue weighted by Crippen LogP contribution is 2.30. The summed E-state index contributed by atoms with van der Waals surface area (Å²) in [6.07, 6.45) is 4.10. The zero-order valence-corrected chi connectivity index (χ0v) is 18.8. The zero-order valence-electron chi connectivity index (χ0n) is 18.8. The minimum atomic E-state index is 0.700. The lowest BCUT2D eigenvalue weighted by Gasteiger charge is -2.26. The summed E-state index contributed by atoms with van der Waals surface area (Å²) in [5, 5.41) is 0. The van der Waals surface area contributed by atoms with Gasteiger partial charge in [-0.3, -0.25) is 4.90 Å². The van der Waals surface area contributed by atoms with Crippen molar-refractivity contribution in [2.75, 3.05) is 27.3 Å². The van der Waals surface area contributed by atoms with Crippen molar-refractivity contribution < 1.29 is 9.47 Å². The maximum absolute atomic E-state index is 5.18. The summed E-state index contributed by atoms with van der Waals surface area (Å²) in [4.78, 5) is 17.7. The van der Waals surface area contributed by atoms with Gasteiger partial charge in [-0.2, -0.15) is 0 Å². The van der Waals surface area contributed by atoms with Crippen molar-refractivity contribution >= 4 is 22.1 Å². The Balaban J connectivity index is 0.000000152. The Labute approximate surface area is 182 Å². The van der Waals surface area contributed by atoms with Gasteiger partial charge in [-0.1, -0.05) is 12.5 Å². The van der Waals surface area contributed by atoms with Crippen LogP contribution in [0.3, 0.4) is 0 Å². The van der Waals surface area contributed by atoms with Gasteiger partial charge >= 0.3 is 0 Å². The second-order valence-electron chi connectivity index (χ2n) is 8.06. The van der Waals surface area contributed by atoms with Crippen molar-refractivity contribution in [3.05, 3.63) is 47.5 Å². The third-order valence-electron chi connectivity index (χ3n) is 5.63. The van der Waals surface area contributed by atoms with Crippen LogP contribution in [0.1, 0.15) is 36.5 Å². The lowest BCUT2D eigenvalue weighted by molar-refractivity contribution is 0.221. The average Bonchev–Trinajstić information content (AvgIpc) is 3.33. The molecule has 2 N–H and O–H groups in total. The van der Waals surface area contributed by atoms with E-state index in [0.29, 0.717) is 11.5 Å². The number of rotatable bonds is 4. The van der Waals surface area contributed by atoms with Gasteiger partial charge < -0.3 is 19.4 Å². The molecule has 1 saturated heterocycles. The number of benzene rings is 2. The highest BCUT2D eigenvalue weighted by Gasteiger charge is 2.11. The molecule has 7 heteroatoms. The molecule has 7 nitrogen and oxygen atoms in total. The van der Waals surface area contributed by atoms with Crippen LogP contribution in [-0.2, 0) is 6.54 Å². The van der Waals surface area contributed by atoms with E-state index < -0.39 is 0 Å². The van der Waals surface area contributed by atoms with Crippen LogP contribution in [-0.4, -0.2) is 52.1 Å². The molecule has 1 fully saturated rings. The molecule has 5 rings (SSSR count). The molecule has 0 radical (unpaired) electrons. The van der Waals surface area contributed by atoms with Gasteiger partial charge in [-0.05, 0) is 57.5 Å². The van der Waals surface area contributed by atoms with Crippen molar-refractivity contribution in [1.82, 2.24) is 24.8 Å². The average molecular weight is 422 g/mol. The van der Waals surface area contributed by atoms with E-state index in [1.165, 1.54) is 37.9 Å². The zero-order chi connectivity index (χ0) is 21.8. The molecule has 0 aliphatic carbocycles. The SMILES string of the molecule is COc1cc2nc(C)[nH]c2cc1OC.Cc1nc2ccc(CN3CCCCC3)cc2[nH]1. The van der Waals surface area contributed by atoms with E-state index in [-0.39, 0.29) is 0 Å². The quantitative estimate of drug-likeness (QED) is 0.497. The molecular formula is C24H31N5O2. The number of nitrogens with one attached hydrogen (secondary N) is 2. The van der Waals surface area contributed by atoms with Crippen LogP contribution in [0, 0.1) is 13.8 Å². The molecule has 0 atom stereocenters. The predicted octanol–water partition coefficient (Wildman–Crippen LogP) is 4.75. The molecule has 0 spiro atoms. The Bertz CT molecular complexity index is 1120. The van der Waals surface area contributed by atoms with E-state index in [4.69, 9.17) is 9.47 Å². The van der Waals surface area contributed by atoms with Gasteiger partial charge in [0.05, 0.1) is 36.3 Å². The molecule has 1 aliphatic rings. The van der Waals surface area contributed by atoms with Gasteiger partial charge in [0.25, 0.3) is 0 Å². The maximum Gasteiger partial charge on any atom is 0.163 e. The molecule has 0 amide bonds. The number of methoxy groups -OCH3 is 2. The number of aryl methyl sites for hydroxylation is 2. The van der Waals surface area contributed by atoms with E-state index in [9.17, 15) is 0 Å². The first kappa shape index (κ1) is 21.2. The molecule has 2 aromatic heterocycles. The van der Waals surface area contributed by atoms with Crippen molar-refractivity contribution in [1.29, 1.82) is 0 Å². The van der Waals surface area contributed by atoms with Gasteiger partial charge in [-0.25, -0.2) is 9.97 Å². The van der Waals surface area contributed by atoms with Crippen LogP contribution in [0.4, 0.5) is 0 Å². The molecule has 164 valence electrons. The topological polar surface area (TPSA) is 79.1 Å². The third kappa shape index (κ3) is 4.99. The first-order valence-electron chi connectivity index (χ1n) is 10.8. The number of hydrogen-bond donors (Lipinski definition) is 2. The van der Waals surface area contributed by atoms with Crippen molar-refractivity contribution in [3.63, 3.8) is 0 Å². The number of imidazole rings is 2. The molecule has 4 aromatic rings. The summed E-state index contributed by atoms with van der Waals surface area (Å²) in [7, 11) is 3.23. The Hall–Kier alpha value is -3.06. The fraction of sp³-hybridized carbons (Fsp3) is 0.417. The molecule has 2 aromatic carbocycles. The monoisotopic (exact) mass is 421 g/mol. The van der Waals surface area contributed by atoms with E-state index >= 15 is 0 Å². The van der Waals surface area contributed by atoms with Crippen LogP contribution in [0.15, 0.2) is 30.3 Å². The number of aromatic amines is 2. The number of nitrogens with zero attached hydrogens (tertiary/aromatic N) is 3. The van der Waals surface area contributed by atoms with E-state index in [2.05, 4.69) is 43.0 Å². The highest BCUT2D eigenvalue weighted by atomic mass is 16.5. The molecule has 1 aliphatic heterocycles. The fourth-order valence-corrected chi connectivity index (χ4v) is 4.12. The molecule has 31 heavy (non-hydrogen) atoms. The van der Waals surface area contributed by atoms with Crippen LogP contribution < -0.4 is 9.47 Å². The number of piperidine rings is 1. The maximum atomic E-state index is 5.18. The summed E-state index contributed by atoms with van der Waals surface area (Å²) < 4.78 is 10.4. The first-order valence-corrected chi connectivity index (χ1v) is 10.8. The second kappa shape index (κ2) is 9.39. The molecule has 3 heterocycles. The van der Waals surface area contributed by atoms with E-state index in [1.54, 1.807) is 14.2 Å². The number of likely N-dealkylation sites (tertiary alicyclic amines) is 1. The lowest BCUT2D eigenvalue weighted by Crippen LogP contribution is -2.29. The van der Waals surface area contributed by atoms with Gasteiger partial charge in [0.2, 0.25) is 0 Å². The van der Waals surface area contributed by atoms with Crippen molar-refractivity contribution in [3.8, 4) is 11.5 Å². The lowest BCUT2D eigenvalue weighted by atomic mass is 10.1. The summed E-state index contributed by atoms with van der Waals surface area (Å²) in [5.74, 6) is 3.29. The number of H-pyrrole nitrogens is 2. The van der Waals surface area contributed by atoms with Gasteiger partial charge in [-0.15, -0.1) is 0 Å². The highest BCUT2D eigenvalue weighted by molar-refractivity contribution is 5.79. The molecule has 0 unspecified atom stereocenters. The summed E-state index contributed by atoms with van der Waals surface area (Å²) in [6.45, 7) is 7.50. The standard InChI is InChI=1S/C14H19N3.C10H12N2O2/c1-11-15-13-6-5-12(9-14(13)16-11)10-17-7-3-2-4-8-17;1-6-11-7-4-9(13-2)10(14-3)5-8(7)12-6/h5-6,9H,2-4,7-8,10H2,1H3,(H,15,16);4-5H,1-3H3,(H,11,12). The number of ether oxygens (including phenoxy) is 2. The van der Waals surface area contributed by atoms with Gasteiger partial charge in [0.1, 0.15) is 11.6 Å². The van der Waals surface area contributed by atoms with Crippen molar-refractivity contribution in [2.45, 2.75) is 39.7 Å². The first-order chi connectivity index (χ1) is 15.1. The van der Waals surface area contributed by atoms with E-state index in [1.807, 2.05) is 26.0 Å². The molecule has 0 saturated carbocycles. The molecular weight excluding hydrogens is 390 g/mol. The fourth-order valence-electron chi connectivity index (χ4n) is 4.12. The van der Waals surface area contributed by atoms with Crippen LogP contribution in [0.25, 0.3) is 22.1 Å². The number of aromatic nitrogens is 4. The minimum Gasteiger partial charge on any atom is -0.493 e. The number of hydrogen-bond acceptors (Lipinski definition) is 5. The van der Waals surface area contributed by atoms with Gasteiger partial charge in [0.15, 0.2) is 11.5 Å². The minimum absolute atomic E-state index is 0.700. The predicted molar refractivity (Wildman–Crippen MR) is 124 cm³/mol. The Morgan fingerprint density at radius 3 is 2.10 bits per heavy atom. The van der Waals surface area contributed by atoms with Crippen LogP contribution >= 0.6 is 0 Å². The largest absolute Gasteiger partial charge is 0.493 e. The normalized spacial score (nSPS) is 14.5. The Morgan fingerprint density at radius 1 is 0.806 bits per heavy atom. The summed E-state index contributed by atoms with van der Waals surface area (Å²) in [5.41, 5.74) is 5.48. The number of fused-ring (bicyclic) bond motifs is 2. The third-order valence-corrected chi connectivity index (χ3v) is 5.63. The van der Waals surface area contributed by atoms with Crippen LogP contribution in [0.2, 0.25) is 0 Å². The van der Waals surface area contributed by atoms with E-state index in [0.717, 1.165) is 40.3 Å². The van der Waals surface area contributed by atoms with Crippen LogP contribution in [0.5, 0.6) is 11.5 Å². The Morgan fingerprint density at radius 2 is 1.42 bits per heavy atom. The second-order valence-corrected chi connectivity index (χ2v) is 8.06. The molecule has 0 bridgehead atoms. The summed E-state index contributed by atoms with van der Waals surface area (Å²) in [6, 6.07) is 10.3. The van der Waals surface area contributed by atoms with Gasteiger partial charge in [0, 0.05) is 18.7 Å². The Kier molecular flexibility index (Phi) is 6.42.